The van der Waals surface area contributed by atoms with E-state index in [0.29, 0.717) is 18.8 Å². The predicted octanol–water partition coefficient (Wildman–Crippen LogP) is 2.37. The molecule has 0 spiro atoms. The Bertz CT molecular complexity index is 693. The molecule has 2 fully saturated rings. The Labute approximate surface area is 136 Å². The summed E-state index contributed by atoms with van der Waals surface area (Å²) >= 11 is 0. The van der Waals surface area contributed by atoms with Gasteiger partial charge in [-0.2, -0.15) is 4.31 Å². The highest BCUT2D eigenvalue weighted by Crippen LogP contribution is 2.33. The fourth-order valence-electron chi connectivity index (χ4n) is 3.29. The summed E-state index contributed by atoms with van der Waals surface area (Å²) in [6.45, 7) is 2.53. The molecule has 1 aromatic carbocycles. The summed E-state index contributed by atoms with van der Waals surface area (Å²) in [5.41, 5.74) is 0.405. The van der Waals surface area contributed by atoms with Gasteiger partial charge >= 0.3 is 0 Å². The molecule has 23 heavy (non-hydrogen) atoms. The number of nitro benzene ring substituents is 1. The van der Waals surface area contributed by atoms with Gasteiger partial charge in [-0.1, -0.05) is 0 Å². The van der Waals surface area contributed by atoms with E-state index in [4.69, 9.17) is 0 Å². The lowest BCUT2D eigenvalue weighted by Gasteiger charge is -2.28. The molecule has 0 unspecified atom stereocenters. The Morgan fingerprint density at radius 1 is 0.957 bits per heavy atom. The number of sulfonamides is 1. The van der Waals surface area contributed by atoms with Gasteiger partial charge in [-0.05, 0) is 44.2 Å². The highest BCUT2D eigenvalue weighted by molar-refractivity contribution is 7.89. The van der Waals surface area contributed by atoms with E-state index in [9.17, 15) is 18.5 Å². The fraction of sp³-hybridized carbons (Fsp3) is 0.600. The lowest BCUT2D eigenvalue weighted by molar-refractivity contribution is -0.384. The summed E-state index contributed by atoms with van der Waals surface area (Å²) in [5, 5.41) is 11.4. The largest absolute Gasteiger partial charge is 0.366 e. The van der Waals surface area contributed by atoms with Crippen LogP contribution in [0.3, 0.4) is 0 Å². The monoisotopic (exact) mass is 339 g/mol. The molecule has 2 saturated heterocycles. The Hall–Kier alpha value is -1.67. The molecule has 0 atom stereocenters. The van der Waals surface area contributed by atoms with Crippen LogP contribution in [0.1, 0.15) is 32.1 Å². The number of nitro groups is 1. The van der Waals surface area contributed by atoms with E-state index < -0.39 is 14.9 Å². The quantitative estimate of drug-likeness (QED) is 0.621. The molecule has 0 saturated carbocycles. The van der Waals surface area contributed by atoms with Crippen molar-refractivity contribution < 1.29 is 13.3 Å². The molecule has 2 heterocycles. The molecule has 2 aliphatic rings. The van der Waals surface area contributed by atoms with Crippen LogP contribution in [0.15, 0.2) is 23.1 Å². The van der Waals surface area contributed by atoms with E-state index in [0.717, 1.165) is 45.2 Å². The van der Waals surface area contributed by atoms with Crippen molar-refractivity contribution in [3.05, 3.63) is 28.3 Å². The topological polar surface area (TPSA) is 83.8 Å². The number of anilines is 1. The van der Waals surface area contributed by atoms with Crippen molar-refractivity contribution in [2.45, 2.75) is 37.0 Å². The standard InChI is InChI=1S/C15H21N3O4S/c19-18(20)15-12-13(23(21,22)17-10-4-5-11-17)6-7-14(15)16-8-2-1-3-9-16/h6-7,12H,1-5,8-11H2. The van der Waals surface area contributed by atoms with E-state index >= 15 is 0 Å². The average molecular weight is 339 g/mol. The van der Waals surface area contributed by atoms with Crippen LogP contribution in [0.2, 0.25) is 0 Å². The third-order valence-corrected chi connectivity index (χ3v) is 6.44. The molecule has 0 aliphatic carbocycles. The fourth-order valence-corrected chi connectivity index (χ4v) is 4.83. The van der Waals surface area contributed by atoms with Gasteiger partial charge in [0, 0.05) is 32.2 Å². The maximum Gasteiger partial charge on any atom is 0.293 e. The van der Waals surface area contributed by atoms with Crippen LogP contribution in [0.25, 0.3) is 0 Å². The summed E-state index contributed by atoms with van der Waals surface area (Å²) in [4.78, 5) is 13.0. The van der Waals surface area contributed by atoms with E-state index in [-0.39, 0.29) is 10.6 Å². The van der Waals surface area contributed by atoms with Gasteiger partial charge in [0.25, 0.3) is 5.69 Å². The van der Waals surface area contributed by atoms with E-state index in [1.165, 1.54) is 16.4 Å². The summed E-state index contributed by atoms with van der Waals surface area (Å²) in [6.07, 6.45) is 4.82. The summed E-state index contributed by atoms with van der Waals surface area (Å²) in [5.74, 6) is 0. The van der Waals surface area contributed by atoms with Crippen molar-refractivity contribution >= 4 is 21.4 Å². The Morgan fingerprint density at radius 3 is 2.17 bits per heavy atom. The van der Waals surface area contributed by atoms with Crippen molar-refractivity contribution in [1.82, 2.24) is 4.31 Å². The minimum atomic E-state index is -3.63. The average Bonchev–Trinajstić information content (AvgIpc) is 3.10. The van der Waals surface area contributed by atoms with Crippen LogP contribution in [0.4, 0.5) is 11.4 Å². The zero-order chi connectivity index (χ0) is 16.4. The molecular formula is C15H21N3O4S. The van der Waals surface area contributed by atoms with Crippen LogP contribution >= 0.6 is 0 Å². The molecule has 126 valence electrons. The minimum absolute atomic E-state index is 0.0202. The number of benzene rings is 1. The third kappa shape index (κ3) is 3.18. The molecule has 2 aliphatic heterocycles. The van der Waals surface area contributed by atoms with Gasteiger partial charge in [-0.15, -0.1) is 0 Å². The lowest BCUT2D eigenvalue weighted by atomic mass is 10.1. The van der Waals surface area contributed by atoms with Crippen LogP contribution in [-0.4, -0.2) is 43.8 Å². The summed E-state index contributed by atoms with van der Waals surface area (Å²) in [6, 6.07) is 4.31. The summed E-state index contributed by atoms with van der Waals surface area (Å²) < 4.78 is 26.6. The number of hydrogen-bond donors (Lipinski definition) is 0. The van der Waals surface area contributed by atoms with Gasteiger partial charge in [0.2, 0.25) is 10.0 Å². The first-order valence-corrected chi connectivity index (χ1v) is 9.48. The molecule has 0 N–H and O–H groups in total. The van der Waals surface area contributed by atoms with Crippen LogP contribution in [0.5, 0.6) is 0 Å². The van der Waals surface area contributed by atoms with E-state index in [1.807, 2.05) is 4.90 Å². The third-order valence-electron chi connectivity index (χ3n) is 4.54. The first-order chi connectivity index (χ1) is 11.0. The first kappa shape index (κ1) is 16.2. The molecule has 0 aromatic heterocycles. The predicted molar refractivity (Wildman–Crippen MR) is 87.2 cm³/mol. The van der Waals surface area contributed by atoms with E-state index in [1.54, 1.807) is 6.07 Å². The number of rotatable bonds is 4. The van der Waals surface area contributed by atoms with Crippen LogP contribution in [-0.2, 0) is 10.0 Å². The van der Waals surface area contributed by atoms with Crippen LogP contribution in [0, 0.1) is 10.1 Å². The second kappa shape index (κ2) is 6.45. The van der Waals surface area contributed by atoms with Crippen molar-refractivity contribution in [3.63, 3.8) is 0 Å². The molecule has 8 heteroatoms. The molecule has 3 rings (SSSR count). The number of nitrogens with zero attached hydrogens (tertiary/aromatic N) is 3. The Balaban J connectivity index is 1.97. The Kier molecular flexibility index (Phi) is 4.54. The first-order valence-electron chi connectivity index (χ1n) is 8.04. The van der Waals surface area contributed by atoms with Crippen molar-refractivity contribution in [2.75, 3.05) is 31.1 Å². The van der Waals surface area contributed by atoms with Crippen LogP contribution < -0.4 is 4.90 Å². The van der Waals surface area contributed by atoms with Crippen molar-refractivity contribution in [1.29, 1.82) is 0 Å². The van der Waals surface area contributed by atoms with Gasteiger partial charge in [-0.25, -0.2) is 8.42 Å². The highest BCUT2D eigenvalue weighted by Gasteiger charge is 2.30. The van der Waals surface area contributed by atoms with Gasteiger partial charge in [0.15, 0.2) is 0 Å². The summed E-state index contributed by atoms with van der Waals surface area (Å²) in [7, 11) is -3.63. The molecule has 1 aromatic rings. The lowest BCUT2D eigenvalue weighted by Crippen LogP contribution is -2.30. The zero-order valence-corrected chi connectivity index (χ0v) is 13.8. The van der Waals surface area contributed by atoms with E-state index in [2.05, 4.69) is 0 Å². The second-order valence-corrected chi connectivity index (χ2v) is 8.00. The number of piperidine rings is 1. The van der Waals surface area contributed by atoms with Gasteiger partial charge in [0.1, 0.15) is 5.69 Å². The maximum atomic E-state index is 12.6. The Morgan fingerprint density at radius 2 is 1.57 bits per heavy atom. The van der Waals surface area contributed by atoms with Crippen molar-refractivity contribution in [2.24, 2.45) is 0 Å². The van der Waals surface area contributed by atoms with Crippen molar-refractivity contribution in [3.8, 4) is 0 Å². The molecule has 0 radical (unpaired) electrons. The highest BCUT2D eigenvalue weighted by atomic mass is 32.2. The number of hydrogen-bond acceptors (Lipinski definition) is 5. The molecule has 0 bridgehead atoms. The maximum absolute atomic E-state index is 12.6. The second-order valence-electron chi connectivity index (χ2n) is 6.07. The van der Waals surface area contributed by atoms with Gasteiger partial charge in [0.05, 0.1) is 9.82 Å². The molecule has 7 nitrogen and oxygen atoms in total. The normalized spacial score (nSPS) is 19.9. The smallest absolute Gasteiger partial charge is 0.293 e. The molecule has 0 amide bonds. The molecular weight excluding hydrogens is 318 g/mol. The van der Waals surface area contributed by atoms with Gasteiger partial charge in [-0.3, -0.25) is 10.1 Å². The SMILES string of the molecule is O=[N+]([O-])c1cc(S(=O)(=O)N2CCCC2)ccc1N1CCCCC1. The van der Waals surface area contributed by atoms with Gasteiger partial charge < -0.3 is 4.90 Å². The zero-order valence-electron chi connectivity index (χ0n) is 13.0. The minimum Gasteiger partial charge on any atom is -0.366 e.